The smallest absolute Gasteiger partial charge is 0.268 e. The summed E-state index contributed by atoms with van der Waals surface area (Å²) < 4.78 is 41.3. The molecule has 29 heavy (non-hydrogen) atoms. The molecular formula is C19H18F3N5O2. The number of rotatable bonds is 6. The molecule has 1 fully saturated rings. The van der Waals surface area contributed by atoms with E-state index in [2.05, 4.69) is 10.4 Å². The van der Waals surface area contributed by atoms with Crippen LogP contribution in [0.2, 0.25) is 0 Å². The van der Waals surface area contributed by atoms with Gasteiger partial charge in [0.15, 0.2) is 0 Å². The van der Waals surface area contributed by atoms with E-state index < -0.39 is 43.3 Å². The second kappa shape index (κ2) is 8.34. The predicted octanol–water partition coefficient (Wildman–Crippen LogP) is 1.75. The molecule has 10 heteroatoms. The van der Waals surface area contributed by atoms with Gasteiger partial charge in [0.05, 0.1) is 30.9 Å². The van der Waals surface area contributed by atoms with Gasteiger partial charge in [0.2, 0.25) is 5.91 Å². The van der Waals surface area contributed by atoms with Crippen LogP contribution in [0.1, 0.15) is 22.3 Å². The lowest BCUT2D eigenvalue weighted by Gasteiger charge is -2.19. The fraction of sp³-hybridized carbons (Fsp3) is 0.368. The van der Waals surface area contributed by atoms with E-state index in [1.54, 1.807) is 18.2 Å². The van der Waals surface area contributed by atoms with Crippen LogP contribution in [-0.4, -0.2) is 51.5 Å². The molecule has 0 bridgehead atoms. The number of nitrogens with one attached hydrogen (secondary N) is 1. The van der Waals surface area contributed by atoms with Gasteiger partial charge in [-0.05, 0) is 24.1 Å². The Kier molecular flexibility index (Phi) is 5.87. The molecule has 2 heterocycles. The van der Waals surface area contributed by atoms with Crippen molar-refractivity contribution in [2.45, 2.75) is 31.4 Å². The Bertz CT molecular complexity index is 936. The number of hydrogen-bond donors (Lipinski definition) is 1. The topological polar surface area (TPSA) is 91.0 Å². The van der Waals surface area contributed by atoms with Crippen molar-refractivity contribution in [3.63, 3.8) is 0 Å². The summed E-state index contributed by atoms with van der Waals surface area (Å²) in [6.07, 6.45) is 2.70. The number of aromatic nitrogens is 2. The van der Waals surface area contributed by atoms with Gasteiger partial charge in [0, 0.05) is 19.2 Å². The summed E-state index contributed by atoms with van der Waals surface area (Å²) in [6, 6.07) is 6.52. The Hall–Kier alpha value is -3.35. The van der Waals surface area contributed by atoms with E-state index in [0.29, 0.717) is 13.0 Å². The quantitative estimate of drug-likeness (QED) is 0.793. The Morgan fingerprint density at radius 3 is 2.72 bits per heavy atom. The van der Waals surface area contributed by atoms with Crippen LogP contribution < -0.4 is 5.32 Å². The van der Waals surface area contributed by atoms with Gasteiger partial charge in [0.25, 0.3) is 11.8 Å². The fourth-order valence-corrected chi connectivity index (χ4v) is 3.05. The van der Waals surface area contributed by atoms with Gasteiger partial charge in [-0.3, -0.25) is 14.3 Å². The largest absolute Gasteiger partial charge is 0.343 e. The summed E-state index contributed by atoms with van der Waals surface area (Å²) in [5.41, 5.74) is 1.12. The molecule has 152 valence electrons. The summed E-state index contributed by atoms with van der Waals surface area (Å²) in [5.74, 6) is -4.75. The first-order valence-corrected chi connectivity index (χ1v) is 8.89. The molecule has 0 radical (unpaired) electrons. The molecule has 3 rings (SSSR count). The van der Waals surface area contributed by atoms with Crippen molar-refractivity contribution < 1.29 is 22.8 Å². The van der Waals surface area contributed by atoms with Crippen molar-refractivity contribution in [1.82, 2.24) is 20.0 Å². The third-order valence-electron chi connectivity index (χ3n) is 4.58. The minimum Gasteiger partial charge on any atom is -0.343 e. The number of aryl methyl sites for hydroxylation is 2. The van der Waals surface area contributed by atoms with Crippen LogP contribution in [0.15, 0.2) is 36.7 Å². The molecule has 0 unspecified atom stereocenters. The fourth-order valence-electron chi connectivity index (χ4n) is 3.05. The van der Waals surface area contributed by atoms with Crippen LogP contribution >= 0.6 is 0 Å². The highest BCUT2D eigenvalue weighted by atomic mass is 19.3. The van der Waals surface area contributed by atoms with E-state index >= 15 is 0 Å². The first-order chi connectivity index (χ1) is 13.8. The van der Waals surface area contributed by atoms with Gasteiger partial charge in [-0.15, -0.1) is 0 Å². The lowest BCUT2D eigenvalue weighted by molar-refractivity contribution is -0.131. The zero-order valence-electron chi connectivity index (χ0n) is 15.3. The molecule has 1 aliphatic heterocycles. The maximum atomic E-state index is 13.4. The molecule has 1 aliphatic rings. The van der Waals surface area contributed by atoms with Crippen molar-refractivity contribution in [3.05, 3.63) is 53.6 Å². The maximum absolute atomic E-state index is 13.4. The summed E-state index contributed by atoms with van der Waals surface area (Å²) in [7, 11) is 0. The van der Waals surface area contributed by atoms with Gasteiger partial charge >= 0.3 is 0 Å². The number of carbonyl (C=O) groups excluding carboxylic acids is 2. The first-order valence-electron chi connectivity index (χ1n) is 8.89. The molecule has 1 N–H and O–H groups in total. The zero-order valence-corrected chi connectivity index (χ0v) is 15.3. The number of likely N-dealkylation sites (tertiary alicyclic amines) is 1. The number of alkyl halides is 2. The third-order valence-corrected chi connectivity index (χ3v) is 4.58. The number of amides is 2. The van der Waals surface area contributed by atoms with Crippen molar-refractivity contribution in [1.29, 1.82) is 5.26 Å². The monoisotopic (exact) mass is 405 g/mol. The molecule has 0 spiro atoms. The second-order valence-corrected chi connectivity index (χ2v) is 6.78. The van der Waals surface area contributed by atoms with Crippen LogP contribution in [0.25, 0.3) is 0 Å². The minimum atomic E-state index is -3.11. The van der Waals surface area contributed by atoms with E-state index in [0.717, 1.165) is 10.5 Å². The SMILES string of the molecule is N#C[C@@H]1CC(F)(F)CN1C(=O)CNC(=O)c1cnn(CCc2ccc(F)cc2)c1. The summed E-state index contributed by atoms with van der Waals surface area (Å²) in [6.45, 7) is -0.861. The Morgan fingerprint density at radius 2 is 2.03 bits per heavy atom. The van der Waals surface area contributed by atoms with Gasteiger partial charge in [-0.25, -0.2) is 13.2 Å². The molecule has 1 aromatic carbocycles. The first kappa shape index (κ1) is 20.4. The number of carbonyl (C=O) groups is 2. The van der Waals surface area contributed by atoms with Crippen LogP contribution in [0.5, 0.6) is 0 Å². The van der Waals surface area contributed by atoms with E-state index in [1.807, 2.05) is 0 Å². The third kappa shape index (κ3) is 5.13. The van der Waals surface area contributed by atoms with Gasteiger partial charge < -0.3 is 10.2 Å². The van der Waals surface area contributed by atoms with E-state index in [1.165, 1.54) is 29.2 Å². The van der Waals surface area contributed by atoms with Crippen molar-refractivity contribution in [2.75, 3.05) is 13.1 Å². The van der Waals surface area contributed by atoms with E-state index in [-0.39, 0.29) is 11.4 Å². The maximum Gasteiger partial charge on any atom is 0.268 e. The number of hydrogen-bond acceptors (Lipinski definition) is 4. The molecule has 0 saturated carbocycles. The van der Waals surface area contributed by atoms with Crippen LogP contribution in [0.3, 0.4) is 0 Å². The number of benzene rings is 1. The summed E-state index contributed by atoms with van der Waals surface area (Å²) >= 11 is 0. The highest BCUT2D eigenvalue weighted by Crippen LogP contribution is 2.31. The van der Waals surface area contributed by atoms with Crippen molar-refractivity contribution >= 4 is 11.8 Å². The molecular weight excluding hydrogens is 387 g/mol. The zero-order chi connectivity index (χ0) is 21.0. The molecule has 0 aliphatic carbocycles. The summed E-state index contributed by atoms with van der Waals surface area (Å²) in [4.78, 5) is 25.1. The Balaban J connectivity index is 1.50. The van der Waals surface area contributed by atoms with E-state index in [9.17, 15) is 22.8 Å². The summed E-state index contributed by atoms with van der Waals surface area (Å²) in [5, 5.41) is 15.4. The molecule has 2 aromatic rings. The Labute approximate surface area is 164 Å². The molecule has 1 atom stereocenters. The molecule has 1 saturated heterocycles. The number of nitriles is 1. The molecule has 1 aromatic heterocycles. The van der Waals surface area contributed by atoms with Gasteiger partial charge in [-0.1, -0.05) is 12.1 Å². The van der Waals surface area contributed by atoms with Gasteiger partial charge in [0.1, 0.15) is 11.9 Å². The predicted molar refractivity (Wildman–Crippen MR) is 95.3 cm³/mol. The molecule has 2 amide bonds. The lowest BCUT2D eigenvalue weighted by atomic mass is 10.1. The van der Waals surface area contributed by atoms with E-state index in [4.69, 9.17) is 5.26 Å². The van der Waals surface area contributed by atoms with Crippen LogP contribution in [-0.2, 0) is 17.8 Å². The minimum absolute atomic E-state index is 0.209. The standard InChI is InChI=1S/C19H18F3N5O2/c20-15-3-1-13(2-4-15)5-6-26-11-14(9-25-26)18(29)24-10-17(28)27-12-19(21,22)7-16(27)8-23/h1-4,9,11,16H,5-7,10,12H2,(H,24,29)/t16-/m0/s1. The normalized spacial score (nSPS) is 17.7. The highest BCUT2D eigenvalue weighted by Gasteiger charge is 2.47. The highest BCUT2D eigenvalue weighted by molar-refractivity contribution is 5.96. The molecule has 7 nitrogen and oxygen atoms in total. The van der Waals surface area contributed by atoms with Crippen molar-refractivity contribution in [3.8, 4) is 6.07 Å². The van der Waals surface area contributed by atoms with Crippen LogP contribution in [0.4, 0.5) is 13.2 Å². The second-order valence-electron chi connectivity index (χ2n) is 6.78. The average Bonchev–Trinajstić information content (AvgIpc) is 3.29. The van der Waals surface area contributed by atoms with Crippen LogP contribution in [0, 0.1) is 17.1 Å². The number of halogens is 3. The van der Waals surface area contributed by atoms with Gasteiger partial charge in [-0.2, -0.15) is 10.4 Å². The Morgan fingerprint density at radius 1 is 1.31 bits per heavy atom. The average molecular weight is 405 g/mol. The lowest BCUT2D eigenvalue weighted by Crippen LogP contribution is -2.42. The van der Waals surface area contributed by atoms with Crippen molar-refractivity contribution in [2.24, 2.45) is 0 Å². The number of nitrogens with zero attached hydrogens (tertiary/aromatic N) is 4.